The highest BCUT2D eigenvalue weighted by Gasteiger charge is 2.21. The van der Waals surface area contributed by atoms with E-state index in [1.165, 1.54) is 17.4 Å². The summed E-state index contributed by atoms with van der Waals surface area (Å²) in [5.74, 6) is -0.295. The van der Waals surface area contributed by atoms with E-state index in [4.69, 9.17) is 0 Å². The summed E-state index contributed by atoms with van der Waals surface area (Å²) in [5.41, 5.74) is 1.92. The molecular formula is C19H18N2O3S. The van der Waals surface area contributed by atoms with E-state index in [-0.39, 0.29) is 17.3 Å². The molecule has 2 aromatic carbocycles. The molecule has 5 nitrogen and oxygen atoms in total. The number of aryl methyl sites for hydroxylation is 2. The molecule has 3 rings (SSSR count). The lowest BCUT2D eigenvalue weighted by Gasteiger charge is -2.07. The van der Waals surface area contributed by atoms with E-state index in [0.717, 1.165) is 34.1 Å². The van der Waals surface area contributed by atoms with Gasteiger partial charge in [0.2, 0.25) is 0 Å². The second-order valence-corrected chi connectivity index (χ2v) is 6.94. The predicted molar refractivity (Wildman–Crippen MR) is 102 cm³/mol. The van der Waals surface area contributed by atoms with Gasteiger partial charge in [-0.1, -0.05) is 37.6 Å². The molecule has 0 saturated heterocycles. The molecule has 3 aromatic rings. The summed E-state index contributed by atoms with van der Waals surface area (Å²) in [7, 11) is 0. The van der Waals surface area contributed by atoms with Crippen molar-refractivity contribution < 1.29 is 9.72 Å². The van der Waals surface area contributed by atoms with Gasteiger partial charge in [-0.3, -0.25) is 14.9 Å². The number of hydrogen-bond acceptors (Lipinski definition) is 4. The molecule has 128 valence electrons. The van der Waals surface area contributed by atoms with E-state index in [9.17, 15) is 14.9 Å². The van der Waals surface area contributed by atoms with Gasteiger partial charge in [-0.05, 0) is 42.0 Å². The van der Waals surface area contributed by atoms with E-state index in [0.29, 0.717) is 4.88 Å². The Morgan fingerprint density at radius 1 is 1.24 bits per heavy atom. The zero-order valence-corrected chi connectivity index (χ0v) is 14.9. The number of hydrogen-bond donors (Lipinski definition) is 1. The first kappa shape index (κ1) is 17.1. The minimum absolute atomic E-state index is 0.0912. The maximum absolute atomic E-state index is 12.8. The number of nitrogens with one attached hydrogen (secondary N) is 1. The first-order chi connectivity index (χ1) is 12.0. The second-order valence-electron chi connectivity index (χ2n) is 5.89. The van der Waals surface area contributed by atoms with E-state index >= 15 is 0 Å². The van der Waals surface area contributed by atoms with Crippen molar-refractivity contribution >= 4 is 38.7 Å². The predicted octanol–water partition coefficient (Wildman–Crippen LogP) is 5.32. The normalized spacial score (nSPS) is 10.8. The molecule has 0 aliphatic carbocycles. The van der Waals surface area contributed by atoms with E-state index in [1.54, 1.807) is 19.1 Å². The van der Waals surface area contributed by atoms with Crippen LogP contribution in [0.4, 0.5) is 11.4 Å². The Morgan fingerprint density at radius 2 is 2.00 bits per heavy atom. The van der Waals surface area contributed by atoms with Gasteiger partial charge in [0.1, 0.15) is 5.69 Å². The van der Waals surface area contributed by atoms with Crippen molar-refractivity contribution in [1.29, 1.82) is 0 Å². The van der Waals surface area contributed by atoms with Crippen LogP contribution in [0.25, 0.3) is 10.1 Å². The average molecular weight is 354 g/mol. The van der Waals surface area contributed by atoms with Crippen LogP contribution < -0.4 is 5.32 Å². The number of nitro benzene ring substituents is 1. The number of nitrogens with zero attached hydrogens (tertiary/aromatic N) is 1. The van der Waals surface area contributed by atoms with Crippen molar-refractivity contribution in [2.24, 2.45) is 0 Å². The lowest BCUT2D eigenvalue weighted by atomic mass is 10.1. The maximum Gasteiger partial charge on any atom is 0.293 e. The Balaban J connectivity index is 2.01. The molecule has 0 spiro atoms. The standard InChI is InChI=1S/C19H18N2O3S/c1-3-6-14-13-7-4-5-8-17(13)25-18(14)19(22)20-15-10-9-12(2)11-16(15)21(23)24/h4-5,7-11H,3,6H2,1-2H3,(H,20,22). The van der Waals surface area contributed by atoms with Gasteiger partial charge in [-0.15, -0.1) is 11.3 Å². The molecule has 6 heteroatoms. The fourth-order valence-corrected chi connectivity index (χ4v) is 4.00. The van der Waals surface area contributed by atoms with Crippen molar-refractivity contribution in [1.82, 2.24) is 0 Å². The lowest BCUT2D eigenvalue weighted by Crippen LogP contribution is -2.13. The number of nitro groups is 1. The summed E-state index contributed by atoms with van der Waals surface area (Å²) in [6.45, 7) is 3.85. The summed E-state index contributed by atoms with van der Waals surface area (Å²) in [6, 6.07) is 12.7. The summed E-state index contributed by atoms with van der Waals surface area (Å²) >= 11 is 1.43. The average Bonchev–Trinajstić information content (AvgIpc) is 2.95. The SMILES string of the molecule is CCCc1c(C(=O)Nc2ccc(C)cc2[N+](=O)[O-])sc2ccccc12. The Bertz CT molecular complexity index is 962. The number of benzene rings is 2. The molecule has 0 saturated carbocycles. The number of fused-ring (bicyclic) bond motifs is 1. The van der Waals surface area contributed by atoms with Crippen LogP contribution in [0.3, 0.4) is 0 Å². The van der Waals surface area contributed by atoms with Gasteiger partial charge in [0, 0.05) is 10.8 Å². The molecule has 1 heterocycles. The Labute approximate surface area is 149 Å². The number of carbonyl (C=O) groups is 1. The summed E-state index contributed by atoms with van der Waals surface area (Å²) in [4.78, 5) is 24.2. The summed E-state index contributed by atoms with van der Waals surface area (Å²) in [6.07, 6.45) is 1.72. The van der Waals surface area contributed by atoms with Crippen LogP contribution in [0.1, 0.15) is 34.1 Å². The highest BCUT2D eigenvalue weighted by Crippen LogP contribution is 2.34. The van der Waals surface area contributed by atoms with Gasteiger partial charge >= 0.3 is 0 Å². The molecular weight excluding hydrogens is 336 g/mol. The molecule has 1 N–H and O–H groups in total. The quantitative estimate of drug-likeness (QED) is 0.497. The van der Waals surface area contributed by atoms with Gasteiger partial charge in [0.15, 0.2) is 0 Å². The number of carbonyl (C=O) groups excluding carboxylic acids is 1. The van der Waals surface area contributed by atoms with Crippen LogP contribution in [0, 0.1) is 17.0 Å². The number of amides is 1. The second kappa shape index (κ2) is 7.03. The van der Waals surface area contributed by atoms with E-state index < -0.39 is 4.92 Å². The smallest absolute Gasteiger partial charge is 0.293 e. The van der Waals surface area contributed by atoms with Gasteiger partial charge in [0.25, 0.3) is 11.6 Å². The Kier molecular flexibility index (Phi) is 4.81. The van der Waals surface area contributed by atoms with Crippen molar-refractivity contribution in [3.63, 3.8) is 0 Å². The first-order valence-electron chi connectivity index (χ1n) is 8.08. The van der Waals surface area contributed by atoms with Crippen LogP contribution in [0.5, 0.6) is 0 Å². The molecule has 0 unspecified atom stereocenters. The highest BCUT2D eigenvalue weighted by atomic mass is 32.1. The minimum atomic E-state index is -0.472. The highest BCUT2D eigenvalue weighted by molar-refractivity contribution is 7.21. The van der Waals surface area contributed by atoms with Gasteiger partial charge in [0.05, 0.1) is 9.80 Å². The molecule has 0 bridgehead atoms. The summed E-state index contributed by atoms with van der Waals surface area (Å²) < 4.78 is 1.05. The van der Waals surface area contributed by atoms with Crippen molar-refractivity contribution in [2.45, 2.75) is 26.7 Å². The topological polar surface area (TPSA) is 72.2 Å². The van der Waals surface area contributed by atoms with Gasteiger partial charge in [-0.25, -0.2) is 0 Å². The van der Waals surface area contributed by atoms with Crippen LogP contribution in [-0.4, -0.2) is 10.8 Å². The van der Waals surface area contributed by atoms with Crippen molar-refractivity contribution in [3.05, 3.63) is 68.6 Å². The Hall–Kier alpha value is -2.73. The molecule has 0 atom stereocenters. The number of thiophene rings is 1. The monoisotopic (exact) mass is 354 g/mol. The summed E-state index contributed by atoms with van der Waals surface area (Å²) in [5, 5.41) is 15.1. The maximum atomic E-state index is 12.8. The third-order valence-corrected chi connectivity index (χ3v) is 5.21. The molecule has 0 aliphatic rings. The van der Waals surface area contributed by atoms with Crippen molar-refractivity contribution in [3.8, 4) is 0 Å². The van der Waals surface area contributed by atoms with E-state index in [2.05, 4.69) is 12.2 Å². The number of rotatable bonds is 5. The minimum Gasteiger partial charge on any atom is -0.316 e. The largest absolute Gasteiger partial charge is 0.316 e. The van der Waals surface area contributed by atoms with Crippen molar-refractivity contribution in [2.75, 3.05) is 5.32 Å². The third kappa shape index (κ3) is 3.39. The molecule has 1 aromatic heterocycles. The van der Waals surface area contributed by atoms with Crippen LogP contribution in [0.2, 0.25) is 0 Å². The third-order valence-electron chi connectivity index (χ3n) is 4.00. The molecule has 0 radical (unpaired) electrons. The van der Waals surface area contributed by atoms with Crippen LogP contribution in [0.15, 0.2) is 42.5 Å². The molecule has 25 heavy (non-hydrogen) atoms. The Morgan fingerprint density at radius 3 is 2.72 bits per heavy atom. The van der Waals surface area contributed by atoms with E-state index in [1.807, 2.05) is 24.3 Å². The zero-order valence-electron chi connectivity index (χ0n) is 14.0. The zero-order chi connectivity index (χ0) is 18.0. The first-order valence-corrected chi connectivity index (χ1v) is 8.89. The van der Waals surface area contributed by atoms with Gasteiger partial charge in [-0.2, -0.15) is 0 Å². The van der Waals surface area contributed by atoms with Crippen LogP contribution in [-0.2, 0) is 6.42 Å². The lowest BCUT2D eigenvalue weighted by molar-refractivity contribution is -0.384. The van der Waals surface area contributed by atoms with Crippen LogP contribution >= 0.6 is 11.3 Å². The van der Waals surface area contributed by atoms with Gasteiger partial charge < -0.3 is 5.32 Å². The molecule has 0 fully saturated rings. The molecule has 1 amide bonds. The fourth-order valence-electron chi connectivity index (χ4n) is 2.86. The molecule has 0 aliphatic heterocycles. The number of anilines is 1. The fraction of sp³-hybridized carbons (Fsp3) is 0.211.